The minimum atomic E-state index is -1.47. The van der Waals surface area contributed by atoms with E-state index in [4.69, 9.17) is 59.8 Å². The predicted molar refractivity (Wildman–Crippen MR) is 284 cm³/mol. The first-order chi connectivity index (χ1) is 33.1. The molecule has 0 radical (unpaired) electrons. The molecule has 10 rings (SSSR count). The van der Waals surface area contributed by atoms with Crippen molar-refractivity contribution in [1.29, 1.82) is 0 Å². The number of rotatable bonds is 8. The van der Waals surface area contributed by atoms with Gasteiger partial charge in [0.25, 0.3) is 0 Å². The Bertz CT molecular complexity index is 3250. The molecule has 0 saturated heterocycles. The second kappa shape index (κ2) is 23.1. The molecule has 0 amide bonds. The molecule has 0 atom stereocenters. The van der Waals surface area contributed by atoms with Gasteiger partial charge in [-0.3, -0.25) is 0 Å². The second-order valence-corrected chi connectivity index (χ2v) is 17.9. The SMILES string of the molecule is Clc1cc(Br)cc(-c2nc(-c3ccccc3)nc(-c3ccccc3-c3ccccc3)n2)c1.Clc1nc(-c2ccccc2)nc(-c2ccccc2-c2ccccc2)n1.OB(O)c1cc(Cl)cc(Br)c1. The second-order valence-electron chi connectivity index (χ2n) is 14.8. The minimum absolute atomic E-state index is 0.187. The molecule has 8 aromatic carbocycles. The van der Waals surface area contributed by atoms with E-state index in [2.05, 4.69) is 83.2 Å². The van der Waals surface area contributed by atoms with E-state index in [1.165, 1.54) is 6.07 Å². The lowest BCUT2D eigenvalue weighted by molar-refractivity contribution is 0.425. The summed E-state index contributed by atoms with van der Waals surface area (Å²) in [6.45, 7) is 0. The van der Waals surface area contributed by atoms with Gasteiger partial charge >= 0.3 is 7.12 Å². The topological polar surface area (TPSA) is 118 Å². The van der Waals surface area contributed by atoms with Gasteiger partial charge in [-0.25, -0.2) is 19.9 Å². The van der Waals surface area contributed by atoms with E-state index in [1.54, 1.807) is 12.1 Å². The molecule has 0 saturated carbocycles. The van der Waals surface area contributed by atoms with E-state index in [0.29, 0.717) is 44.6 Å². The van der Waals surface area contributed by atoms with Gasteiger partial charge in [-0.2, -0.15) is 9.97 Å². The van der Waals surface area contributed by atoms with Gasteiger partial charge in [-0.15, -0.1) is 0 Å². The molecule has 0 spiro atoms. The van der Waals surface area contributed by atoms with Gasteiger partial charge in [-0.05, 0) is 75.7 Å². The standard InChI is InChI=1S/C27H17BrClN3.C21H14ClN3.C6H5BBrClO2/c28-21-15-20(16-22(29)17-21)26-30-25(19-11-5-2-6-12-19)31-27(32-26)24-14-8-7-13-23(24)18-9-3-1-4-10-18;22-21-24-19(16-11-5-2-6-12-16)23-20(25-21)18-14-8-7-13-17(18)15-9-3-1-4-10-15;8-5-1-4(7(10)11)2-6(9)3-5/h1-17H;1-14H;1-3,10-11H. The average molecular weight is 1080 g/mol. The van der Waals surface area contributed by atoms with E-state index in [9.17, 15) is 0 Å². The fourth-order valence-electron chi connectivity index (χ4n) is 7.03. The summed E-state index contributed by atoms with van der Waals surface area (Å²) in [7, 11) is -1.47. The van der Waals surface area contributed by atoms with E-state index in [-0.39, 0.29) is 5.28 Å². The van der Waals surface area contributed by atoms with Crippen molar-refractivity contribution in [1.82, 2.24) is 29.9 Å². The van der Waals surface area contributed by atoms with Crippen LogP contribution in [0.4, 0.5) is 0 Å². The van der Waals surface area contributed by atoms with Crippen LogP contribution in [0, 0.1) is 0 Å². The highest BCUT2D eigenvalue weighted by Crippen LogP contribution is 2.34. The van der Waals surface area contributed by atoms with Crippen LogP contribution in [-0.4, -0.2) is 47.1 Å². The Morgan fingerprint density at radius 3 is 1.10 bits per heavy atom. The summed E-state index contributed by atoms with van der Waals surface area (Å²) in [5.41, 5.74) is 9.25. The van der Waals surface area contributed by atoms with Crippen molar-refractivity contribution in [2.45, 2.75) is 0 Å². The summed E-state index contributed by atoms with van der Waals surface area (Å²) in [6, 6.07) is 66.8. The minimum Gasteiger partial charge on any atom is -0.423 e. The Morgan fingerprint density at radius 2 is 0.662 bits per heavy atom. The molecule has 10 aromatic rings. The molecule has 0 aliphatic rings. The van der Waals surface area contributed by atoms with Gasteiger partial charge < -0.3 is 10.0 Å². The highest BCUT2D eigenvalue weighted by atomic mass is 79.9. The van der Waals surface area contributed by atoms with Gasteiger partial charge in [0.2, 0.25) is 5.28 Å². The third-order valence-corrected chi connectivity index (χ3v) is 11.6. The van der Waals surface area contributed by atoms with Crippen molar-refractivity contribution in [2.75, 3.05) is 0 Å². The first-order valence-corrected chi connectivity index (χ1v) is 23.7. The quantitative estimate of drug-likeness (QED) is 0.145. The average Bonchev–Trinajstić information content (AvgIpc) is 3.37. The molecular weight excluding hydrogens is 1040 g/mol. The predicted octanol–water partition coefficient (Wildman–Crippen LogP) is 14.3. The Balaban J connectivity index is 0.000000154. The third-order valence-electron chi connectivity index (χ3n) is 10.1. The largest absolute Gasteiger partial charge is 0.488 e. The number of halogens is 5. The zero-order valence-electron chi connectivity index (χ0n) is 35.7. The lowest BCUT2D eigenvalue weighted by Crippen LogP contribution is -2.29. The molecule has 0 fully saturated rings. The summed E-state index contributed by atoms with van der Waals surface area (Å²) < 4.78 is 1.60. The smallest absolute Gasteiger partial charge is 0.423 e. The van der Waals surface area contributed by atoms with Gasteiger partial charge in [0.15, 0.2) is 29.1 Å². The summed E-state index contributed by atoms with van der Waals surface area (Å²) in [4.78, 5) is 27.8. The molecule has 2 N–H and O–H groups in total. The van der Waals surface area contributed by atoms with Crippen LogP contribution < -0.4 is 5.46 Å². The van der Waals surface area contributed by atoms with Gasteiger partial charge in [-0.1, -0.05) is 225 Å². The van der Waals surface area contributed by atoms with Gasteiger partial charge in [0.1, 0.15) is 0 Å². The van der Waals surface area contributed by atoms with Crippen LogP contribution in [0.3, 0.4) is 0 Å². The van der Waals surface area contributed by atoms with Crippen LogP contribution in [0.1, 0.15) is 0 Å². The highest BCUT2D eigenvalue weighted by Gasteiger charge is 2.17. The Hall–Kier alpha value is -6.41. The monoisotopic (exact) mass is 1070 g/mol. The first kappa shape index (κ1) is 48.1. The van der Waals surface area contributed by atoms with Crippen molar-refractivity contribution >= 4 is 79.2 Å². The highest BCUT2D eigenvalue weighted by molar-refractivity contribution is 9.10. The van der Waals surface area contributed by atoms with Crippen molar-refractivity contribution in [3.05, 3.63) is 231 Å². The number of hydrogen-bond acceptors (Lipinski definition) is 8. The molecule has 68 heavy (non-hydrogen) atoms. The Kier molecular flexibility index (Phi) is 16.3. The number of benzene rings is 8. The first-order valence-electron chi connectivity index (χ1n) is 20.9. The normalized spacial score (nSPS) is 10.6. The third kappa shape index (κ3) is 12.6. The molecule has 8 nitrogen and oxygen atoms in total. The number of hydrogen-bond donors (Lipinski definition) is 2. The van der Waals surface area contributed by atoms with Crippen LogP contribution in [-0.2, 0) is 0 Å². The maximum atomic E-state index is 8.75. The van der Waals surface area contributed by atoms with Gasteiger partial charge in [0.05, 0.1) is 0 Å². The molecule has 0 unspecified atom stereocenters. The summed E-state index contributed by atoms with van der Waals surface area (Å²) in [5.74, 6) is 2.94. The fraction of sp³-hybridized carbons (Fsp3) is 0. The van der Waals surface area contributed by atoms with Crippen LogP contribution in [0.5, 0.6) is 0 Å². The number of aromatic nitrogens is 6. The van der Waals surface area contributed by atoms with Crippen LogP contribution >= 0.6 is 66.7 Å². The molecule has 0 aliphatic carbocycles. The molecule has 0 aliphatic heterocycles. The van der Waals surface area contributed by atoms with Gasteiger partial charge in [0, 0.05) is 46.8 Å². The summed E-state index contributed by atoms with van der Waals surface area (Å²) in [6.07, 6.45) is 0. The summed E-state index contributed by atoms with van der Waals surface area (Å²) in [5, 5.41) is 18.8. The molecule has 0 bridgehead atoms. The fourth-order valence-corrected chi connectivity index (χ4v) is 8.94. The molecule has 2 heterocycles. The lowest BCUT2D eigenvalue weighted by atomic mass is 9.80. The molecule has 332 valence electrons. The van der Waals surface area contributed by atoms with Crippen molar-refractivity contribution in [3.63, 3.8) is 0 Å². The van der Waals surface area contributed by atoms with Crippen molar-refractivity contribution in [3.8, 4) is 79.2 Å². The van der Waals surface area contributed by atoms with E-state index in [0.717, 1.165) is 59.0 Å². The molecule has 14 heteroatoms. The van der Waals surface area contributed by atoms with Crippen molar-refractivity contribution < 1.29 is 10.0 Å². The molecular formula is C54H36BBr2Cl3N6O2. The maximum Gasteiger partial charge on any atom is 0.488 e. The molecule has 2 aromatic heterocycles. The van der Waals surface area contributed by atoms with Crippen LogP contribution in [0.2, 0.25) is 15.3 Å². The van der Waals surface area contributed by atoms with E-state index >= 15 is 0 Å². The lowest BCUT2D eigenvalue weighted by Gasteiger charge is -2.12. The van der Waals surface area contributed by atoms with E-state index in [1.807, 2.05) is 152 Å². The Morgan fingerprint density at radius 1 is 0.324 bits per heavy atom. The zero-order chi connectivity index (χ0) is 47.4. The van der Waals surface area contributed by atoms with Crippen LogP contribution in [0.25, 0.3) is 79.2 Å². The van der Waals surface area contributed by atoms with E-state index < -0.39 is 7.12 Å². The number of nitrogens with zero attached hydrogens (tertiary/aromatic N) is 6. The zero-order valence-corrected chi connectivity index (χ0v) is 41.1. The van der Waals surface area contributed by atoms with Crippen LogP contribution in [0.15, 0.2) is 215 Å². The summed E-state index contributed by atoms with van der Waals surface area (Å²) >= 11 is 24.8. The maximum absolute atomic E-state index is 8.75. The Labute approximate surface area is 425 Å². The van der Waals surface area contributed by atoms with Crippen molar-refractivity contribution in [2.24, 2.45) is 0 Å².